The highest BCUT2D eigenvalue weighted by Crippen LogP contribution is 2.53. The van der Waals surface area contributed by atoms with Gasteiger partial charge in [0, 0.05) is 32.3 Å². The number of hydrogen-bond acceptors (Lipinski definition) is 4. The Kier molecular flexibility index (Phi) is 7.17. The topological polar surface area (TPSA) is 66.8 Å². The maximum atomic E-state index is 14.3. The molecule has 1 aliphatic carbocycles. The second kappa shape index (κ2) is 10.0. The molecule has 204 valence electrons. The van der Waals surface area contributed by atoms with Crippen LogP contribution in [0.15, 0.2) is 60.7 Å². The number of carbonyl (C=O) groups is 2. The van der Waals surface area contributed by atoms with Gasteiger partial charge in [0.05, 0.1) is 18.8 Å². The van der Waals surface area contributed by atoms with Crippen LogP contribution in [0.3, 0.4) is 0 Å². The first-order valence-corrected chi connectivity index (χ1v) is 14.0. The van der Waals surface area contributed by atoms with Crippen LogP contribution in [0, 0.1) is 5.41 Å². The van der Waals surface area contributed by atoms with Crippen LogP contribution in [0.4, 0.5) is 0 Å². The second-order valence-electron chi connectivity index (χ2n) is 11.4. The van der Waals surface area contributed by atoms with E-state index < -0.39 is 11.3 Å². The number of aliphatic hydroxyl groups is 1. The summed E-state index contributed by atoms with van der Waals surface area (Å²) >= 11 is 12.5. The van der Waals surface area contributed by atoms with E-state index in [1.54, 1.807) is 55.1 Å². The fourth-order valence-corrected chi connectivity index (χ4v) is 5.76. The van der Waals surface area contributed by atoms with Crippen LogP contribution in [-0.4, -0.2) is 28.3 Å². The van der Waals surface area contributed by atoms with Gasteiger partial charge in [-0.15, -0.1) is 0 Å². The van der Waals surface area contributed by atoms with Crippen molar-refractivity contribution in [3.63, 3.8) is 0 Å². The number of amides is 1. The zero-order valence-corrected chi connectivity index (χ0v) is 24.2. The lowest BCUT2D eigenvalue weighted by Gasteiger charge is -2.41. The second-order valence-corrected chi connectivity index (χ2v) is 12.2. The van der Waals surface area contributed by atoms with Gasteiger partial charge in [0.2, 0.25) is 0 Å². The standard InChI is InChI=1S/C32H33Cl2NO4/c1-5-31(14-15-31)19-39-32(22-7-11-24(33)12-8-22)28-13-9-23(30(3,4)38)16-27(28)29(37)35(32)18-21-6-10-25(34)17-26(21)20(2)36/h6-13,16-17,38H,5,14-15,18-19H2,1-4H3. The van der Waals surface area contributed by atoms with Crippen LogP contribution in [0.25, 0.3) is 0 Å². The highest BCUT2D eigenvalue weighted by molar-refractivity contribution is 6.31. The molecular formula is C32H33Cl2NO4. The molecule has 3 aromatic rings. The smallest absolute Gasteiger partial charge is 0.257 e. The Labute approximate surface area is 239 Å². The summed E-state index contributed by atoms with van der Waals surface area (Å²) in [6, 6.07) is 18.0. The lowest BCUT2D eigenvalue weighted by molar-refractivity contribution is -0.125. The van der Waals surface area contributed by atoms with Gasteiger partial charge in [0.1, 0.15) is 0 Å². The van der Waals surface area contributed by atoms with Crippen LogP contribution in [0.1, 0.15) is 89.9 Å². The molecule has 0 saturated heterocycles. The Hall–Kier alpha value is -2.70. The van der Waals surface area contributed by atoms with Crippen molar-refractivity contribution in [1.82, 2.24) is 4.90 Å². The first-order chi connectivity index (χ1) is 18.4. The molecule has 1 atom stereocenters. The van der Waals surface area contributed by atoms with E-state index in [2.05, 4.69) is 6.92 Å². The average molecular weight is 567 g/mol. The number of ketones is 1. The molecule has 1 heterocycles. The maximum absolute atomic E-state index is 14.3. The highest BCUT2D eigenvalue weighted by Gasteiger charge is 2.54. The molecule has 5 nitrogen and oxygen atoms in total. The van der Waals surface area contributed by atoms with E-state index in [4.69, 9.17) is 27.9 Å². The number of benzene rings is 3. The van der Waals surface area contributed by atoms with Gasteiger partial charge in [-0.2, -0.15) is 0 Å². The molecule has 0 radical (unpaired) electrons. The monoisotopic (exact) mass is 565 g/mol. The van der Waals surface area contributed by atoms with Crippen LogP contribution in [-0.2, 0) is 22.6 Å². The van der Waals surface area contributed by atoms with E-state index in [0.29, 0.717) is 44.5 Å². The van der Waals surface area contributed by atoms with Crippen molar-refractivity contribution in [3.8, 4) is 0 Å². The highest BCUT2D eigenvalue weighted by atomic mass is 35.5. The first kappa shape index (κ1) is 27.9. The van der Waals surface area contributed by atoms with E-state index in [1.165, 1.54) is 6.92 Å². The Bertz CT molecular complexity index is 1440. The number of ether oxygens (including phenoxy) is 1. The SMILES string of the molecule is CCC1(COC2(c3ccc(Cl)cc3)c3ccc(C(C)(C)O)cc3C(=O)N2Cc2ccc(Cl)cc2C(C)=O)CC1. The molecule has 0 bridgehead atoms. The molecule has 1 unspecified atom stereocenters. The average Bonchev–Trinajstić information content (AvgIpc) is 3.64. The summed E-state index contributed by atoms with van der Waals surface area (Å²) in [5.41, 5.74) is 1.38. The fourth-order valence-electron chi connectivity index (χ4n) is 5.46. The maximum Gasteiger partial charge on any atom is 0.257 e. The van der Waals surface area contributed by atoms with E-state index in [0.717, 1.165) is 24.8 Å². The number of halogens is 2. The molecule has 7 heteroatoms. The lowest BCUT2D eigenvalue weighted by atomic mass is 9.89. The summed E-state index contributed by atoms with van der Waals surface area (Å²) in [6.07, 6.45) is 3.13. The van der Waals surface area contributed by atoms with Gasteiger partial charge in [-0.25, -0.2) is 0 Å². The normalized spacial score (nSPS) is 19.8. The van der Waals surface area contributed by atoms with Crippen molar-refractivity contribution in [1.29, 1.82) is 0 Å². The third-order valence-corrected chi connectivity index (χ3v) is 8.74. The predicted octanol–water partition coefficient (Wildman–Crippen LogP) is 7.49. The van der Waals surface area contributed by atoms with Crippen molar-refractivity contribution in [2.45, 2.75) is 64.8 Å². The largest absolute Gasteiger partial charge is 0.386 e. The molecule has 39 heavy (non-hydrogen) atoms. The number of hydrogen-bond donors (Lipinski definition) is 1. The minimum atomic E-state index is -1.26. The quantitative estimate of drug-likeness (QED) is 0.273. The molecule has 0 spiro atoms. The summed E-state index contributed by atoms with van der Waals surface area (Å²) in [7, 11) is 0. The molecule has 1 saturated carbocycles. The van der Waals surface area contributed by atoms with Gasteiger partial charge >= 0.3 is 0 Å². The molecular weight excluding hydrogens is 533 g/mol. The van der Waals surface area contributed by atoms with Crippen molar-refractivity contribution in [3.05, 3.63) is 104 Å². The number of fused-ring (bicyclic) bond motifs is 1. The van der Waals surface area contributed by atoms with E-state index >= 15 is 0 Å². The van der Waals surface area contributed by atoms with Gasteiger partial charge in [-0.3, -0.25) is 14.5 Å². The van der Waals surface area contributed by atoms with Crippen molar-refractivity contribution in [2.24, 2.45) is 5.41 Å². The molecule has 3 aromatic carbocycles. The van der Waals surface area contributed by atoms with Crippen molar-refractivity contribution >= 4 is 34.9 Å². The zero-order chi connectivity index (χ0) is 28.2. The summed E-state index contributed by atoms with van der Waals surface area (Å²) in [5.74, 6) is -0.376. The minimum Gasteiger partial charge on any atom is -0.386 e. The number of rotatable bonds is 9. The Morgan fingerprint density at radius 1 is 1.03 bits per heavy atom. The Morgan fingerprint density at radius 2 is 1.69 bits per heavy atom. The Balaban J connectivity index is 1.73. The molecule has 1 fully saturated rings. The lowest BCUT2D eigenvalue weighted by Crippen LogP contribution is -2.47. The van der Waals surface area contributed by atoms with Crippen molar-refractivity contribution < 1.29 is 19.4 Å². The van der Waals surface area contributed by atoms with Crippen LogP contribution in [0.2, 0.25) is 10.0 Å². The number of nitrogens with zero attached hydrogens (tertiary/aromatic N) is 1. The summed E-state index contributed by atoms with van der Waals surface area (Å²) in [6.45, 7) is 7.65. The van der Waals surface area contributed by atoms with Gasteiger partial charge in [-0.05, 0) is 86.9 Å². The van der Waals surface area contributed by atoms with Crippen LogP contribution >= 0.6 is 23.2 Å². The van der Waals surface area contributed by atoms with Crippen LogP contribution < -0.4 is 0 Å². The fraction of sp³-hybridized carbons (Fsp3) is 0.375. The van der Waals surface area contributed by atoms with Gasteiger partial charge in [-0.1, -0.05) is 60.5 Å². The first-order valence-electron chi connectivity index (χ1n) is 13.3. The molecule has 1 amide bonds. The van der Waals surface area contributed by atoms with E-state index in [-0.39, 0.29) is 23.7 Å². The molecule has 2 aliphatic rings. The summed E-state index contributed by atoms with van der Waals surface area (Å²) in [4.78, 5) is 28.6. The van der Waals surface area contributed by atoms with E-state index in [9.17, 15) is 14.7 Å². The third-order valence-electron chi connectivity index (χ3n) is 8.26. The molecule has 0 aromatic heterocycles. The Morgan fingerprint density at radius 3 is 2.28 bits per heavy atom. The third kappa shape index (κ3) is 5.02. The molecule has 5 rings (SSSR count). The summed E-state index contributed by atoms with van der Waals surface area (Å²) in [5, 5.41) is 11.8. The molecule has 1 N–H and O–H groups in total. The predicted molar refractivity (Wildman–Crippen MR) is 153 cm³/mol. The molecule has 1 aliphatic heterocycles. The number of carbonyl (C=O) groups excluding carboxylic acids is 2. The van der Waals surface area contributed by atoms with Crippen LogP contribution in [0.5, 0.6) is 0 Å². The number of Topliss-reactive ketones (excluding diaryl/α,β-unsaturated/α-hetero) is 1. The van der Waals surface area contributed by atoms with Gasteiger partial charge in [0.25, 0.3) is 5.91 Å². The van der Waals surface area contributed by atoms with Crippen molar-refractivity contribution in [2.75, 3.05) is 6.61 Å². The zero-order valence-electron chi connectivity index (χ0n) is 22.7. The summed E-state index contributed by atoms with van der Waals surface area (Å²) < 4.78 is 6.95. The van der Waals surface area contributed by atoms with E-state index in [1.807, 2.05) is 24.3 Å². The van der Waals surface area contributed by atoms with Gasteiger partial charge in [0.15, 0.2) is 11.5 Å². The minimum absolute atomic E-state index is 0.0781. The van der Waals surface area contributed by atoms with Gasteiger partial charge < -0.3 is 9.84 Å².